The van der Waals surface area contributed by atoms with Crippen LogP contribution in [0.2, 0.25) is 0 Å². The molecule has 0 radical (unpaired) electrons. The molecule has 0 aliphatic heterocycles. The normalized spacial score (nSPS) is 12.8. The summed E-state index contributed by atoms with van der Waals surface area (Å²) in [5.41, 5.74) is -0.651. The molecule has 4 aromatic rings. The Kier molecular flexibility index (Phi) is 5.61. The number of aromatic amines is 1. The summed E-state index contributed by atoms with van der Waals surface area (Å²) in [7, 11) is 0. The molecule has 0 aliphatic carbocycles. The van der Waals surface area contributed by atoms with Crippen LogP contribution in [0.3, 0.4) is 0 Å². The van der Waals surface area contributed by atoms with Crippen LogP contribution in [0, 0.1) is 6.92 Å². The monoisotopic (exact) mass is 463 g/mol. The fourth-order valence-corrected chi connectivity index (χ4v) is 4.48. The average Bonchev–Trinajstić information content (AvgIpc) is 3.09. The van der Waals surface area contributed by atoms with Gasteiger partial charge in [0, 0.05) is 22.7 Å². The first-order valence-electron chi connectivity index (χ1n) is 9.35. The summed E-state index contributed by atoms with van der Waals surface area (Å²) >= 11 is 0.978. The lowest BCUT2D eigenvalue weighted by Gasteiger charge is -2.15. The van der Waals surface area contributed by atoms with Gasteiger partial charge < -0.3 is 9.84 Å². The van der Waals surface area contributed by atoms with Gasteiger partial charge in [0.25, 0.3) is 5.56 Å². The molecule has 32 heavy (non-hydrogen) atoms. The van der Waals surface area contributed by atoms with E-state index in [1.165, 1.54) is 6.20 Å². The number of pyridine rings is 1. The van der Waals surface area contributed by atoms with Crippen molar-refractivity contribution >= 4 is 21.6 Å². The van der Waals surface area contributed by atoms with E-state index in [1.807, 2.05) is 23.2 Å². The lowest BCUT2D eigenvalue weighted by Crippen LogP contribution is -2.38. The number of ether oxygens (including phenoxy) is 1. The van der Waals surface area contributed by atoms with E-state index in [2.05, 4.69) is 4.98 Å². The molecule has 1 atom stereocenters. The Balaban J connectivity index is 1.75. The van der Waals surface area contributed by atoms with E-state index in [0.29, 0.717) is 27.6 Å². The Morgan fingerprint density at radius 2 is 1.91 bits per heavy atom. The third-order valence-corrected chi connectivity index (χ3v) is 6.13. The summed E-state index contributed by atoms with van der Waals surface area (Å²) in [6, 6.07) is 12.3. The summed E-state index contributed by atoms with van der Waals surface area (Å²) in [6.45, 7) is 0.601. The molecule has 0 saturated heterocycles. The summed E-state index contributed by atoms with van der Waals surface area (Å²) in [5.74, 6) is 0.936. The van der Waals surface area contributed by atoms with Crippen LogP contribution in [-0.2, 0) is 6.54 Å². The smallest absolute Gasteiger partial charge is 0.416 e. The lowest BCUT2D eigenvalue weighted by atomic mass is 10.1. The highest BCUT2D eigenvalue weighted by atomic mass is 32.1. The third-order valence-electron chi connectivity index (χ3n) is 4.76. The summed E-state index contributed by atoms with van der Waals surface area (Å²) in [5, 5.41) is 9.53. The highest BCUT2D eigenvalue weighted by Gasteiger charge is 2.39. The van der Waals surface area contributed by atoms with Crippen molar-refractivity contribution in [3.8, 4) is 22.1 Å². The Morgan fingerprint density at radius 1 is 1.19 bits per heavy atom. The molecule has 2 N–H and O–H groups in total. The van der Waals surface area contributed by atoms with Crippen molar-refractivity contribution < 1.29 is 23.0 Å². The number of thiophene rings is 1. The van der Waals surface area contributed by atoms with Crippen LogP contribution in [0.15, 0.2) is 58.3 Å². The van der Waals surface area contributed by atoms with E-state index in [1.54, 1.807) is 31.2 Å². The minimum Gasteiger partial charge on any atom is -0.439 e. The number of H-pyrrole nitrogens is 1. The summed E-state index contributed by atoms with van der Waals surface area (Å²) < 4.78 is 44.9. The maximum absolute atomic E-state index is 12.8. The van der Waals surface area contributed by atoms with Crippen molar-refractivity contribution in [1.29, 1.82) is 0 Å². The van der Waals surface area contributed by atoms with Gasteiger partial charge in [-0.25, -0.2) is 9.78 Å². The van der Waals surface area contributed by atoms with Crippen LogP contribution < -0.4 is 16.0 Å². The fourth-order valence-electron chi connectivity index (χ4n) is 3.18. The zero-order valence-electron chi connectivity index (χ0n) is 16.5. The number of hydrogen-bond acceptors (Lipinski definition) is 6. The van der Waals surface area contributed by atoms with Crippen molar-refractivity contribution in [2.75, 3.05) is 0 Å². The van der Waals surface area contributed by atoms with Crippen molar-refractivity contribution in [2.45, 2.75) is 25.7 Å². The van der Waals surface area contributed by atoms with Gasteiger partial charge in [-0.15, -0.1) is 11.3 Å². The molecule has 166 valence electrons. The molecule has 7 nitrogen and oxygen atoms in total. The van der Waals surface area contributed by atoms with Gasteiger partial charge in [0.1, 0.15) is 10.6 Å². The zero-order chi connectivity index (χ0) is 23.0. The number of fused-ring (bicyclic) bond motifs is 1. The molecule has 0 fully saturated rings. The van der Waals surface area contributed by atoms with Crippen LogP contribution in [0.1, 0.15) is 5.56 Å². The number of para-hydroxylation sites is 1. The first kappa shape index (κ1) is 21.8. The predicted molar refractivity (Wildman–Crippen MR) is 113 cm³/mol. The summed E-state index contributed by atoms with van der Waals surface area (Å²) in [4.78, 5) is 31.4. The third kappa shape index (κ3) is 4.16. The van der Waals surface area contributed by atoms with E-state index < -0.39 is 30.1 Å². The van der Waals surface area contributed by atoms with Crippen molar-refractivity contribution in [3.05, 3.63) is 75.1 Å². The Hall–Kier alpha value is -3.44. The zero-order valence-corrected chi connectivity index (χ0v) is 17.3. The molecule has 3 aromatic heterocycles. The molecule has 0 amide bonds. The van der Waals surface area contributed by atoms with E-state index in [9.17, 15) is 27.9 Å². The second-order valence-corrected chi connectivity index (χ2v) is 7.96. The van der Waals surface area contributed by atoms with Crippen LogP contribution in [0.5, 0.6) is 11.6 Å². The predicted octanol–water partition coefficient (Wildman–Crippen LogP) is 3.84. The standard InChI is InChI=1S/C21H16F3N3O4S/c1-11-16-18(29)26-20(30)27(10-14(28)21(22,23)24)19(16)32-17(11)12-7-8-15(25-9-12)31-13-5-3-2-4-6-13/h2-9,14,28H,10H2,1H3,(H,26,29,30)/t14-/m1/s1. The van der Waals surface area contributed by atoms with E-state index in [0.717, 1.165) is 15.9 Å². The SMILES string of the molecule is Cc1c(-c2ccc(Oc3ccccc3)nc2)sc2c1c(=O)[nH]c(=O)n2C[C@@H](O)C(F)(F)F. The largest absolute Gasteiger partial charge is 0.439 e. The molecule has 3 heterocycles. The van der Waals surface area contributed by atoms with E-state index in [4.69, 9.17) is 4.74 Å². The van der Waals surface area contributed by atoms with Crippen molar-refractivity contribution in [1.82, 2.24) is 14.5 Å². The number of rotatable bonds is 5. The maximum atomic E-state index is 12.8. The number of benzene rings is 1. The maximum Gasteiger partial charge on any atom is 0.416 e. The second kappa shape index (κ2) is 8.24. The van der Waals surface area contributed by atoms with Gasteiger partial charge >= 0.3 is 11.9 Å². The van der Waals surface area contributed by atoms with E-state index >= 15 is 0 Å². The second-order valence-electron chi connectivity index (χ2n) is 6.96. The first-order chi connectivity index (χ1) is 15.1. The van der Waals surface area contributed by atoms with Gasteiger partial charge in [-0.05, 0) is 30.7 Å². The van der Waals surface area contributed by atoms with Crippen molar-refractivity contribution in [3.63, 3.8) is 0 Å². The molecule has 0 unspecified atom stereocenters. The Morgan fingerprint density at radius 3 is 2.53 bits per heavy atom. The minimum atomic E-state index is -4.91. The number of aliphatic hydroxyl groups is 1. The van der Waals surface area contributed by atoms with E-state index in [-0.39, 0.29) is 10.2 Å². The number of aromatic nitrogens is 3. The highest BCUT2D eigenvalue weighted by molar-refractivity contribution is 7.22. The number of alkyl halides is 3. The topological polar surface area (TPSA) is 97.2 Å². The minimum absolute atomic E-state index is 0.0409. The van der Waals surface area contributed by atoms with Crippen LogP contribution in [-0.4, -0.2) is 31.9 Å². The van der Waals surface area contributed by atoms with Crippen LogP contribution >= 0.6 is 11.3 Å². The molecular weight excluding hydrogens is 447 g/mol. The van der Waals surface area contributed by atoms with Gasteiger partial charge in [-0.3, -0.25) is 14.3 Å². The number of halogens is 3. The molecule has 4 rings (SSSR count). The fraction of sp³-hybridized carbons (Fsp3) is 0.190. The molecule has 1 aromatic carbocycles. The quantitative estimate of drug-likeness (QED) is 0.469. The number of nitrogens with zero attached hydrogens (tertiary/aromatic N) is 2. The van der Waals surface area contributed by atoms with Crippen LogP contribution in [0.4, 0.5) is 13.2 Å². The Bertz CT molecular complexity index is 1380. The number of hydrogen-bond donors (Lipinski definition) is 2. The molecular formula is C21H16F3N3O4S. The van der Waals surface area contributed by atoms with Gasteiger partial charge in [0.05, 0.1) is 11.9 Å². The van der Waals surface area contributed by atoms with Gasteiger partial charge in [0.2, 0.25) is 5.88 Å². The summed E-state index contributed by atoms with van der Waals surface area (Å²) in [6.07, 6.45) is -6.15. The molecule has 0 bridgehead atoms. The number of aliphatic hydroxyl groups excluding tert-OH is 1. The van der Waals surface area contributed by atoms with Crippen molar-refractivity contribution in [2.24, 2.45) is 0 Å². The molecule has 0 aliphatic rings. The number of nitrogens with one attached hydrogen (secondary N) is 1. The molecule has 11 heteroatoms. The average molecular weight is 463 g/mol. The van der Waals surface area contributed by atoms with Gasteiger partial charge in [-0.1, -0.05) is 18.2 Å². The Labute approximate surface area is 182 Å². The molecule has 0 saturated carbocycles. The van der Waals surface area contributed by atoms with Gasteiger partial charge in [0.15, 0.2) is 6.10 Å². The lowest BCUT2D eigenvalue weighted by molar-refractivity contribution is -0.207. The highest BCUT2D eigenvalue weighted by Crippen LogP contribution is 2.36. The molecule has 0 spiro atoms. The first-order valence-corrected chi connectivity index (χ1v) is 10.2. The van der Waals surface area contributed by atoms with Crippen LogP contribution in [0.25, 0.3) is 20.7 Å². The number of aryl methyl sites for hydroxylation is 1. The van der Waals surface area contributed by atoms with Gasteiger partial charge in [-0.2, -0.15) is 13.2 Å².